The Kier molecular flexibility index (Phi) is 5.11. The number of hydrogen-bond acceptors (Lipinski definition) is 7. The largest absolute Gasteiger partial charge is 0.495 e. The van der Waals surface area contributed by atoms with Gasteiger partial charge >= 0.3 is 0 Å². The van der Waals surface area contributed by atoms with Crippen LogP contribution in [0.1, 0.15) is 5.82 Å². The number of rotatable bonds is 5. The molecule has 22 heavy (non-hydrogen) atoms. The second-order valence-electron chi connectivity index (χ2n) is 4.05. The molecular formula is C12H13ClN4O4S. The first kappa shape index (κ1) is 16.4. The summed E-state index contributed by atoms with van der Waals surface area (Å²) in [6.45, 7) is 1.68. The molecule has 0 saturated carbocycles. The van der Waals surface area contributed by atoms with Crippen LogP contribution in [0.3, 0.4) is 0 Å². The van der Waals surface area contributed by atoms with E-state index in [1.165, 1.54) is 26.4 Å². The van der Waals surface area contributed by atoms with Gasteiger partial charge in [0.2, 0.25) is 11.2 Å². The van der Waals surface area contributed by atoms with Crippen LogP contribution >= 0.6 is 11.6 Å². The van der Waals surface area contributed by atoms with Crippen molar-refractivity contribution < 1.29 is 18.2 Å². The van der Waals surface area contributed by atoms with Crippen molar-refractivity contribution in [3.8, 4) is 11.5 Å². The van der Waals surface area contributed by atoms with Crippen LogP contribution in [0.2, 0.25) is 5.28 Å². The quantitative estimate of drug-likeness (QED) is 0.795. The molecule has 0 saturated heterocycles. The SMILES string of the molecule is COc1cc(S(=O)O)c(OC)cc1Nc1nc(C)nc(Cl)n1. The Hall–Kier alpha value is -1.97. The highest BCUT2D eigenvalue weighted by molar-refractivity contribution is 7.79. The van der Waals surface area contributed by atoms with Gasteiger partial charge in [-0.15, -0.1) is 0 Å². The summed E-state index contributed by atoms with van der Waals surface area (Å²) in [5, 5.41) is 2.96. The predicted octanol–water partition coefficient (Wildman–Crippen LogP) is 2.17. The van der Waals surface area contributed by atoms with Crippen molar-refractivity contribution in [2.24, 2.45) is 0 Å². The molecular weight excluding hydrogens is 332 g/mol. The maximum atomic E-state index is 11.3. The number of hydrogen-bond donors (Lipinski definition) is 2. The van der Waals surface area contributed by atoms with Gasteiger partial charge in [-0.25, -0.2) is 9.19 Å². The normalized spacial score (nSPS) is 11.9. The molecule has 1 atom stereocenters. The van der Waals surface area contributed by atoms with Crippen molar-refractivity contribution in [1.82, 2.24) is 15.0 Å². The lowest BCUT2D eigenvalue weighted by atomic mass is 10.2. The zero-order valence-corrected chi connectivity index (χ0v) is 13.5. The molecule has 118 valence electrons. The van der Waals surface area contributed by atoms with E-state index in [-0.39, 0.29) is 21.9 Å². The van der Waals surface area contributed by atoms with Crippen LogP contribution in [0.15, 0.2) is 17.0 Å². The molecule has 8 nitrogen and oxygen atoms in total. The first-order valence-corrected chi connectivity index (χ1v) is 7.45. The third-order valence-electron chi connectivity index (χ3n) is 2.64. The number of ether oxygens (including phenoxy) is 2. The molecule has 0 radical (unpaired) electrons. The summed E-state index contributed by atoms with van der Waals surface area (Å²) in [6, 6.07) is 2.91. The maximum Gasteiger partial charge on any atom is 0.231 e. The van der Waals surface area contributed by atoms with Crippen LogP contribution in [-0.2, 0) is 11.1 Å². The Morgan fingerprint density at radius 2 is 1.86 bits per heavy atom. The van der Waals surface area contributed by atoms with Crippen LogP contribution in [0, 0.1) is 6.92 Å². The van der Waals surface area contributed by atoms with Crippen molar-refractivity contribution in [2.75, 3.05) is 19.5 Å². The topological polar surface area (TPSA) is 106 Å². The Balaban J connectivity index is 2.47. The van der Waals surface area contributed by atoms with Gasteiger partial charge < -0.3 is 19.3 Å². The molecule has 1 aromatic heterocycles. The van der Waals surface area contributed by atoms with E-state index in [1.807, 2.05) is 0 Å². The summed E-state index contributed by atoms with van der Waals surface area (Å²) in [5.74, 6) is 1.21. The Bertz CT molecular complexity index is 708. The Morgan fingerprint density at radius 1 is 1.18 bits per heavy atom. The number of benzene rings is 1. The number of aryl methyl sites for hydroxylation is 1. The summed E-state index contributed by atoms with van der Waals surface area (Å²) in [6.07, 6.45) is 0. The first-order chi connectivity index (χ1) is 10.4. The first-order valence-electron chi connectivity index (χ1n) is 5.96. The zero-order valence-electron chi connectivity index (χ0n) is 12.0. The van der Waals surface area contributed by atoms with Crippen molar-refractivity contribution in [2.45, 2.75) is 11.8 Å². The highest BCUT2D eigenvalue weighted by atomic mass is 35.5. The molecule has 0 amide bonds. The van der Waals surface area contributed by atoms with Gasteiger partial charge in [-0.1, -0.05) is 0 Å². The molecule has 0 spiro atoms. The average Bonchev–Trinajstić information content (AvgIpc) is 2.45. The van der Waals surface area contributed by atoms with E-state index in [1.54, 1.807) is 6.92 Å². The highest BCUT2D eigenvalue weighted by Gasteiger charge is 2.16. The van der Waals surface area contributed by atoms with Crippen LogP contribution in [0.4, 0.5) is 11.6 Å². The monoisotopic (exact) mass is 344 g/mol. The molecule has 0 bridgehead atoms. The molecule has 1 heterocycles. The standard InChI is InChI=1S/C12H13ClN4O4S/c1-6-14-11(13)17-12(15-6)16-7-4-9(21-3)10(22(18)19)5-8(7)20-2/h4-5H,1-3H3,(H,18,19)(H,14,15,16,17). The summed E-state index contributed by atoms with van der Waals surface area (Å²) in [5.41, 5.74) is 0.454. The number of halogens is 1. The number of methoxy groups -OCH3 is 2. The number of nitrogens with one attached hydrogen (secondary N) is 1. The predicted molar refractivity (Wildman–Crippen MR) is 81.4 cm³/mol. The molecule has 0 fully saturated rings. The van der Waals surface area contributed by atoms with Gasteiger partial charge in [0.05, 0.1) is 19.9 Å². The van der Waals surface area contributed by atoms with E-state index < -0.39 is 11.1 Å². The van der Waals surface area contributed by atoms with Gasteiger partial charge in [-0.2, -0.15) is 9.97 Å². The van der Waals surface area contributed by atoms with Crippen molar-refractivity contribution >= 4 is 34.3 Å². The van der Waals surface area contributed by atoms with E-state index in [0.29, 0.717) is 17.3 Å². The lowest BCUT2D eigenvalue weighted by molar-refractivity contribution is 0.393. The van der Waals surface area contributed by atoms with Crippen molar-refractivity contribution in [3.05, 3.63) is 23.2 Å². The second-order valence-corrected chi connectivity index (χ2v) is 5.33. The van der Waals surface area contributed by atoms with Gasteiger partial charge in [-0.05, 0) is 18.5 Å². The smallest absolute Gasteiger partial charge is 0.231 e. The third-order valence-corrected chi connectivity index (χ3v) is 3.50. The minimum Gasteiger partial charge on any atom is -0.495 e. The average molecular weight is 345 g/mol. The van der Waals surface area contributed by atoms with Crippen LogP contribution in [0.25, 0.3) is 0 Å². The van der Waals surface area contributed by atoms with Crippen LogP contribution < -0.4 is 14.8 Å². The van der Waals surface area contributed by atoms with E-state index >= 15 is 0 Å². The lowest BCUT2D eigenvalue weighted by Gasteiger charge is -2.14. The number of nitrogens with zero attached hydrogens (tertiary/aromatic N) is 3. The van der Waals surface area contributed by atoms with Gasteiger partial charge in [0.15, 0.2) is 11.1 Å². The molecule has 1 unspecified atom stereocenters. The third kappa shape index (κ3) is 3.62. The van der Waals surface area contributed by atoms with Crippen LogP contribution in [0.5, 0.6) is 11.5 Å². The van der Waals surface area contributed by atoms with Gasteiger partial charge in [-0.3, -0.25) is 0 Å². The molecule has 2 aromatic rings. The van der Waals surface area contributed by atoms with E-state index in [9.17, 15) is 8.76 Å². The zero-order chi connectivity index (χ0) is 16.3. The molecule has 2 rings (SSSR count). The molecule has 1 aromatic carbocycles. The van der Waals surface area contributed by atoms with E-state index in [4.69, 9.17) is 21.1 Å². The molecule has 0 aliphatic carbocycles. The summed E-state index contributed by atoms with van der Waals surface area (Å²) < 4.78 is 30.9. The van der Waals surface area contributed by atoms with Gasteiger partial charge in [0.1, 0.15) is 22.2 Å². The maximum absolute atomic E-state index is 11.3. The fraction of sp³-hybridized carbons (Fsp3) is 0.250. The fourth-order valence-electron chi connectivity index (χ4n) is 1.73. The number of aromatic nitrogens is 3. The lowest BCUT2D eigenvalue weighted by Crippen LogP contribution is -2.04. The van der Waals surface area contributed by atoms with E-state index in [0.717, 1.165) is 0 Å². The minimum absolute atomic E-state index is 0.0500. The molecule has 0 aliphatic rings. The molecule has 10 heteroatoms. The van der Waals surface area contributed by atoms with Crippen LogP contribution in [-0.4, -0.2) is 37.9 Å². The highest BCUT2D eigenvalue weighted by Crippen LogP contribution is 2.35. The number of anilines is 2. The summed E-state index contributed by atoms with van der Waals surface area (Å²) in [4.78, 5) is 12.0. The Labute approximate surface area is 134 Å². The summed E-state index contributed by atoms with van der Waals surface area (Å²) >= 11 is 3.57. The molecule has 2 N–H and O–H groups in total. The fourth-order valence-corrected chi connectivity index (χ4v) is 2.45. The second kappa shape index (κ2) is 6.86. The van der Waals surface area contributed by atoms with E-state index in [2.05, 4.69) is 20.3 Å². The summed E-state index contributed by atoms with van der Waals surface area (Å²) in [7, 11) is 2.83. The van der Waals surface area contributed by atoms with Gasteiger partial charge in [0, 0.05) is 12.1 Å². The molecule has 0 aliphatic heterocycles. The van der Waals surface area contributed by atoms with Gasteiger partial charge in [0.25, 0.3) is 0 Å². The minimum atomic E-state index is -2.21. The van der Waals surface area contributed by atoms with Crippen molar-refractivity contribution in [3.63, 3.8) is 0 Å². The van der Waals surface area contributed by atoms with Crippen molar-refractivity contribution in [1.29, 1.82) is 0 Å². The Morgan fingerprint density at radius 3 is 2.41 bits per heavy atom.